The minimum absolute atomic E-state index is 0.0331. The van der Waals surface area contributed by atoms with Crippen molar-refractivity contribution >= 4 is 0 Å². The lowest BCUT2D eigenvalue weighted by Crippen LogP contribution is -2.12. The van der Waals surface area contributed by atoms with Crippen LogP contribution < -0.4 is 5.73 Å². The zero-order valence-electron chi connectivity index (χ0n) is 10.7. The van der Waals surface area contributed by atoms with E-state index in [9.17, 15) is 0 Å². The van der Waals surface area contributed by atoms with Crippen LogP contribution in [0.25, 0.3) is 0 Å². The molecule has 2 aromatic rings. The molecule has 0 aliphatic rings. The second-order valence-corrected chi connectivity index (χ2v) is 4.81. The van der Waals surface area contributed by atoms with Crippen molar-refractivity contribution in [3.05, 3.63) is 70.3 Å². The highest BCUT2D eigenvalue weighted by Crippen LogP contribution is 2.22. The van der Waals surface area contributed by atoms with Crippen LogP contribution in [-0.4, -0.2) is 0 Å². The molecule has 1 atom stereocenters. The monoisotopic (exact) mass is 225 g/mol. The molecule has 0 radical (unpaired) electrons. The topological polar surface area (TPSA) is 26.0 Å². The normalized spacial score (nSPS) is 12.5. The van der Waals surface area contributed by atoms with Crippen LogP contribution in [0.15, 0.2) is 42.5 Å². The lowest BCUT2D eigenvalue weighted by Gasteiger charge is -2.14. The number of hydrogen-bond donors (Lipinski definition) is 1. The van der Waals surface area contributed by atoms with E-state index in [1.165, 1.54) is 27.8 Å². The molecule has 1 unspecified atom stereocenters. The molecule has 1 nitrogen and oxygen atoms in total. The van der Waals surface area contributed by atoms with Gasteiger partial charge in [-0.2, -0.15) is 0 Å². The molecule has 0 amide bonds. The number of aryl methyl sites for hydroxylation is 3. The molecule has 88 valence electrons. The lowest BCUT2D eigenvalue weighted by molar-refractivity contribution is 0.867. The van der Waals surface area contributed by atoms with Gasteiger partial charge >= 0.3 is 0 Å². The Labute approximate surface area is 103 Å². The Morgan fingerprint density at radius 2 is 1.24 bits per heavy atom. The fourth-order valence-corrected chi connectivity index (χ4v) is 2.16. The first kappa shape index (κ1) is 11.9. The smallest absolute Gasteiger partial charge is 0.0551 e. The second-order valence-electron chi connectivity index (χ2n) is 4.81. The Bertz CT molecular complexity index is 491. The van der Waals surface area contributed by atoms with Gasteiger partial charge in [0.05, 0.1) is 6.04 Å². The summed E-state index contributed by atoms with van der Waals surface area (Å²) in [6.45, 7) is 6.31. The molecule has 2 rings (SSSR count). The highest BCUT2D eigenvalue weighted by atomic mass is 14.6. The Kier molecular flexibility index (Phi) is 3.30. The van der Waals surface area contributed by atoms with Crippen LogP contribution >= 0.6 is 0 Å². The number of benzene rings is 2. The highest BCUT2D eigenvalue weighted by Gasteiger charge is 2.09. The van der Waals surface area contributed by atoms with E-state index in [0.29, 0.717) is 0 Å². The van der Waals surface area contributed by atoms with E-state index >= 15 is 0 Å². The third kappa shape index (κ3) is 2.75. The molecule has 0 aromatic heterocycles. The molecule has 0 aliphatic heterocycles. The molecule has 2 aromatic carbocycles. The molecule has 0 saturated heterocycles. The average Bonchev–Trinajstić information content (AvgIpc) is 2.28. The third-order valence-electron chi connectivity index (χ3n) is 3.04. The van der Waals surface area contributed by atoms with Crippen molar-refractivity contribution in [2.75, 3.05) is 0 Å². The summed E-state index contributed by atoms with van der Waals surface area (Å²) in [6, 6.07) is 14.9. The number of nitrogens with two attached hydrogens (primary N) is 1. The fourth-order valence-electron chi connectivity index (χ4n) is 2.16. The predicted octanol–water partition coefficient (Wildman–Crippen LogP) is 3.66. The molecule has 1 heteroatoms. The van der Waals surface area contributed by atoms with Gasteiger partial charge in [0, 0.05) is 0 Å². The van der Waals surface area contributed by atoms with E-state index in [1.54, 1.807) is 0 Å². The summed E-state index contributed by atoms with van der Waals surface area (Å²) in [4.78, 5) is 0. The van der Waals surface area contributed by atoms with Crippen molar-refractivity contribution in [1.82, 2.24) is 0 Å². The Morgan fingerprint density at radius 3 is 1.76 bits per heavy atom. The van der Waals surface area contributed by atoms with Crippen LogP contribution in [0.2, 0.25) is 0 Å². The molecule has 0 spiro atoms. The van der Waals surface area contributed by atoms with Crippen LogP contribution in [0.1, 0.15) is 33.9 Å². The van der Waals surface area contributed by atoms with Crippen molar-refractivity contribution < 1.29 is 0 Å². The summed E-state index contributed by atoms with van der Waals surface area (Å²) < 4.78 is 0. The van der Waals surface area contributed by atoms with Crippen LogP contribution in [-0.2, 0) is 0 Å². The quantitative estimate of drug-likeness (QED) is 0.829. The first-order chi connectivity index (χ1) is 8.06. The van der Waals surface area contributed by atoms with E-state index in [2.05, 4.69) is 63.2 Å². The standard InChI is InChI=1S/C16H19N/c1-11-4-6-14(7-5-11)16(17)15-9-12(2)8-13(3)10-15/h4-10,16H,17H2,1-3H3. The average molecular weight is 225 g/mol. The van der Waals surface area contributed by atoms with Gasteiger partial charge in [0.1, 0.15) is 0 Å². The minimum atomic E-state index is -0.0331. The molecule has 17 heavy (non-hydrogen) atoms. The largest absolute Gasteiger partial charge is 0.320 e. The van der Waals surface area contributed by atoms with Crippen LogP contribution in [0.3, 0.4) is 0 Å². The van der Waals surface area contributed by atoms with Crippen molar-refractivity contribution in [3.8, 4) is 0 Å². The molecule has 0 saturated carbocycles. The van der Waals surface area contributed by atoms with Gasteiger partial charge in [-0.3, -0.25) is 0 Å². The second kappa shape index (κ2) is 4.72. The minimum Gasteiger partial charge on any atom is -0.320 e. The first-order valence-electron chi connectivity index (χ1n) is 5.96. The molecular weight excluding hydrogens is 206 g/mol. The van der Waals surface area contributed by atoms with Gasteiger partial charge in [-0.25, -0.2) is 0 Å². The van der Waals surface area contributed by atoms with E-state index in [4.69, 9.17) is 5.73 Å². The van der Waals surface area contributed by atoms with Gasteiger partial charge in [0.2, 0.25) is 0 Å². The van der Waals surface area contributed by atoms with Gasteiger partial charge in [0.15, 0.2) is 0 Å². The summed E-state index contributed by atoms with van der Waals surface area (Å²) in [5.74, 6) is 0. The highest BCUT2D eigenvalue weighted by molar-refractivity contribution is 5.37. The maximum absolute atomic E-state index is 6.30. The summed E-state index contributed by atoms with van der Waals surface area (Å²) in [5.41, 5.74) is 12.5. The summed E-state index contributed by atoms with van der Waals surface area (Å²) >= 11 is 0. The van der Waals surface area contributed by atoms with E-state index in [1.807, 2.05) is 0 Å². The Balaban J connectivity index is 2.36. The zero-order chi connectivity index (χ0) is 12.4. The van der Waals surface area contributed by atoms with Gasteiger partial charge < -0.3 is 5.73 Å². The van der Waals surface area contributed by atoms with Gasteiger partial charge in [-0.15, -0.1) is 0 Å². The maximum atomic E-state index is 6.30. The SMILES string of the molecule is Cc1ccc(C(N)c2cc(C)cc(C)c2)cc1. The Hall–Kier alpha value is -1.60. The van der Waals surface area contributed by atoms with Crippen LogP contribution in [0, 0.1) is 20.8 Å². The first-order valence-corrected chi connectivity index (χ1v) is 5.96. The van der Waals surface area contributed by atoms with Crippen molar-refractivity contribution in [2.24, 2.45) is 5.73 Å². The molecule has 0 fully saturated rings. The Morgan fingerprint density at radius 1 is 0.706 bits per heavy atom. The predicted molar refractivity (Wildman–Crippen MR) is 73.1 cm³/mol. The maximum Gasteiger partial charge on any atom is 0.0551 e. The summed E-state index contributed by atoms with van der Waals surface area (Å²) in [6.07, 6.45) is 0. The van der Waals surface area contributed by atoms with E-state index < -0.39 is 0 Å². The van der Waals surface area contributed by atoms with Gasteiger partial charge in [0.25, 0.3) is 0 Å². The van der Waals surface area contributed by atoms with Gasteiger partial charge in [-0.05, 0) is 31.9 Å². The molecular formula is C16H19N. The summed E-state index contributed by atoms with van der Waals surface area (Å²) in [5, 5.41) is 0. The molecule has 0 aliphatic carbocycles. The van der Waals surface area contributed by atoms with E-state index in [-0.39, 0.29) is 6.04 Å². The molecule has 0 bridgehead atoms. The number of hydrogen-bond acceptors (Lipinski definition) is 1. The third-order valence-corrected chi connectivity index (χ3v) is 3.04. The van der Waals surface area contributed by atoms with Crippen molar-refractivity contribution in [3.63, 3.8) is 0 Å². The van der Waals surface area contributed by atoms with Crippen LogP contribution in [0.4, 0.5) is 0 Å². The summed E-state index contributed by atoms with van der Waals surface area (Å²) in [7, 11) is 0. The van der Waals surface area contributed by atoms with Gasteiger partial charge in [-0.1, -0.05) is 59.2 Å². The van der Waals surface area contributed by atoms with E-state index in [0.717, 1.165) is 0 Å². The number of rotatable bonds is 2. The van der Waals surface area contributed by atoms with Crippen molar-refractivity contribution in [2.45, 2.75) is 26.8 Å². The lowest BCUT2D eigenvalue weighted by atomic mass is 9.96. The van der Waals surface area contributed by atoms with Crippen molar-refractivity contribution in [1.29, 1.82) is 0 Å². The molecule has 2 N–H and O–H groups in total. The fraction of sp³-hybridized carbons (Fsp3) is 0.250. The van der Waals surface area contributed by atoms with Crippen LogP contribution in [0.5, 0.6) is 0 Å². The zero-order valence-corrected chi connectivity index (χ0v) is 10.7. The molecule has 0 heterocycles.